The molecule has 3 N–H and O–H groups in total. The van der Waals surface area contributed by atoms with E-state index in [4.69, 9.17) is 5.73 Å². The van der Waals surface area contributed by atoms with Crippen molar-refractivity contribution in [3.63, 3.8) is 0 Å². The molecule has 110 valence electrons. The molecule has 0 spiro atoms. The molecule has 0 aromatic heterocycles. The lowest BCUT2D eigenvalue weighted by Crippen LogP contribution is -2.57. The van der Waals surface area contributed by atoms with Gasteiger partial charge in [-0.1, -0.05) is 29.8 Å². The van der Waals surface area contributed by atoms with E-state index >= 15 is 0 Å². The smallest absolute Gasteiger partial charge is 0.312 e. The number of rotatable bonds is 3. The second kappa shape index (κ2) is 5.18. The van der Waals surface area contributed by atoms with Crippen LogP contribution in [0.2, 0.25) is 0 Å². The zero-order valence-corrected chi connectivity index (χ0v) is 12.2. The fourth-order valence-corrected chi connectivity index (χ4v) is 4.68. The van der Waals surface area contributed by atoms with Crippen molar-refractivity contribution >= 4 is 15.8 Å². The summed E-state index contributed by atoms with van der Waals surface area (Å²) in [5.41, 5.74) is 6.41. The molecule has 0 radical (unpaired) electrons. The van der Waals surface area contributed by atoms with E-state index < -0.39 is 27.3 Å². The van der Waals surface area contributed by atoms with Crippen molar-refractivity contribution in [1.82, 2.24) is 0 Å². The summed E-state index contributed by atoms with van der Waals surface area (Å²) >= 11 is 0. The maximum absolute atomic E-state index is 11.8. The second-order valence-electron chi connectivity index (χ2n) is 5.61. The van der Waals surface area contributed by atoms with Crippen LogP contribution in [0.15, 0.2) is 24.3 Å². The SMILES string of the molecule is Cc1ccc(CC2(C(=O)O)CS(=O)(=O)CCC2N)cc1. The van der Waals surface area contributed by atoms with Gasteiger partial charge in [0.05, 0.1) is 11.5 Å². The molecule has 1 aromatic carbocycles. The van der Waals surface area contributed by atoms with Gasteiger partial charge in [-0.15, -0.1) is 0 Å². The molecule has 0 aliphatic carbocycles. The van der Waals surface area contributed by atoms with Gasteiger partial charge in [-0.05, 0) is 25.3 Å². The normalized spacial score (nSPS) is 29.0. The standard InChI is InChI=1S/C14H19NO4S/c1-10-2-4-11(5-3-10)8-14(13(16)17)9-20(18,19)7-6-12(14)15/h2-5,12H,6-9,15H2,1H3,(H,16,17). The molecule has 1 aromatic rings. The van der Waals surface area contributed by atoms with E-state index in [-0.39, 0.29) is 24.3 Å². The van der Waals surface area contributed by atoms with Crippen LogP contribution in [0.4, 0.5) is 0 Å². The van der Waals surface area contributed by atoms with Gasteiger partial charge in [-0.3, -0.25) is 4.79 Å². The van der Waals surface area contributed by atoms with Crippen LogP contribution in [0.3, 0.4) is 0 Å². The summed E-state index contributed by atoms with van der Waals surface area (Å²) in [4.78, 5) is 11.7. The fraction of sp³-hybridized carbons (Fsp3) is 0.500. The molecule has 0 saturated carbocycles. The molecular weight excluding hydrogens is 278 g/mol. The Labute approximate surface area is 118 Å². The Hall–Kier alpha value is -1.40. The Morgan fingerprint density at radius 3 is 2.55 bits per heavy atom. The van der Waals surface area contributed by atoms with Gasteiger partial charge in [0.1, 0.15) is 5.41 Å². The highest BCUT2D eigenvalue weighted by Crippen LogP contribution is 2.34. The van der Waals surface area contributed by atoms with Crippen molar-refractivity contribution in [2.24, 2.45) is 11.1 Å². The molecule has 0 amide bonds. The molecule has 0 bridgehead atoms. The maximum Gasteiger partial charge on any atom is 0.312 e. The Morgan fingerprint density at radius 2 is 2.00 bits per heavy atom. The van der Waals surface area contributed by atoms with E-state index in [2.05, 4.69) is 0 Å². The molecule has 5 nitrogen and oxygen atoms in total. The van der Waals surface area contributed by atoms with E-state index in [0.29, 0.717) is 0 Å². The minimum Gasteiger partial charge on any atom is -0.481 e. The predicted molar refractivity (Wildman–Crippen MR) is 76.2 cm³/mol. The highest BCUT2D eigenvalue weighted by atomic mass is 32.2. The van der Waals surface area contributed by atoms with Gasteiger partial charge >= 0.3 is 5.97 Å². The second-order valence-corrected chi connectivity index (χ2v) is 7.79. The highest BCUT2D eigenvalue weighted by Gasteiger charge is 2.50. The molecule has 6 heteroatoms. The van der Waals surface area contributed by atoms with Gasteiger partial charge in [-0.25, -0.2) is 8.42 Å². The Balaban J connectivity index is 2.38. The monoisotopic (exact) mass is 297 g/mol. The molecule has 2 atom stereocenters. The van der Waals surface area contributed by atoms with E-state index in [0.717, 1.165) is 11.1 Å². The molecular formula is C14H19NO4S. The topological polar surface area (TPSA) is 97.5 Å². The van der Waals surface area contributed by atoms with Crippen molar-refractivity contribution in [3.8, 4) is 0 Å². The van der Waals surface area contributed by atoms with Crippen LogP contribution in [0.25, 0.3) is 0 Å². The Bertz CT molecular complexity index is 609. The third-order valence-corrected chi connectivity index (χ3v) is 5.81. The zero-order chi connectivity index (χ0) is 15.0. The predicted octanol–water partition coefficient (Wildman–Crippen LogP) is 0.754. The fourth-order valence-electron chi connectivity index (χ4n) is 2.70. The summed E-state index contributed by atoms with van der Waals surface area (Å²) in [6, 6.07) is 6.77. The first kappa shape index (κ1) is 15.0. The summed E-state index contributed by atoms with van der Waals surface area (Å²) < 4.78 is 23.7. The molecule has 1 saturated heterocycles. The molecule has 2 unspecified atom stereocenters. The molecule has 1 heterocycles. The minimum absolute atomic E-state index is 0.0307. The number of carboxylic acids is 1. The minimum atomic E-state index is -3.36. The first-order chi connectivity index (χ1) is 9.25. The molecule has 1 aliphatic rings. The number of aryl methyl sites for hydroxylation is 1. The summed E-state index contributed by atoms with van der Waals surface area (Å²) in [6.45, 7) is 1.94. The number of hydrogen-bond donors (Lipinski definition) is 2. The summed E-state index contributed by atoms with van der Waals surface area (Å²) in [5, 5.41) is 9.56. The zero-order valence-electron chi connectivity index (χ0n) is 11.4. The summed E-state index contributed by atoms with van der Waals surface area (Å²) in [7, 11) is -3.36. The van der Waals surface area contributed by atoms with Crippen molar-refractivity contribution in [2.75, 3.05) is 11.5 Å². The van der Waals surface area contributed by atoms with Crippen molar-refractivity contribution in [3.05, 3.63) is 35.4 Å². The lowest BCUT2D eigenvalue weighted by molar-refractivity contribution is -0.149. The number of aliphatic carboxylic acids is 1. The van der Waals surface area contributed by atoms with Gasteiger partial charge in [-0.2, -0.15) is 0 Å². The van der Waals surface area contributed by atoms with E-state index in [9.17, 15) is 18.3 Å². The van der Waals surface area contributed by atoms with Crippen molar-refractivity contribution in [2.45, 2.75) is 25.8 Å². The summed E-state index contributed by atoms with van der Waals surface area (Å²) in [6.07, 6.45) is 0.337. The first-order valence-corrected chi connectivity index (χ1v) is 8.32. The largest absolute Gasteiger partial charge is 0.481 e. The Kier molecular flexibility index (Phi) is 3.88. The van der Waals surface area contributed by atoms with Crippen molar-refractivity contribution < 1.29 is 18.3 Å². The molecule has 1 fully saturated rings. The molecule has 1 aliphatic heterocycles. The van der Waals surface area contributed by atoms with E-state index in [1.807, 2.05) is 31.2 Å². The molecule has 20 heavy (non-hydrogen) atoms. The van der Waals surface area contributed by atoms with E-state index in [1.165, 1.54) is 0 Å². The number of hydrogen-bond acceptors (Lipinski definition) is 4. The third-order valence-electron chi connectivity index (χ3n) is 3.99. The maximum atomic E-state index is 11.8. The van der Waals surface area contributed by atoms with Gasteiger partial charge in [0, 0.05) is 6.04 Å². The van der Waals surface area contributed by atoms with Crippen LogP contribution < -0.4 is 5.73 Å². The van der Waals surface area contributed by atoms with Gasteiger partial charge in [0.25, 0.3) is 0 Å². The number of sulfone groups is 1. The van der Waals surface area contributed by atoms with Gasteiger partial charge in [0.15, 0.2) is 9.84 Å². The van der Waals surface area contributed by atoms with Crippen LogP contribution in [-0.2, 0) is 21.1 Å². The summed E-state index contributed by atoms with van der Waals surface area (Å²) in [5.74, 6) is -1.55. The molecule has 2 rings (SSSR count). The van der Waals surface area contributed by atoms with Gasteiger partial charge in [0.2, 0.25) is 0 Å². The number of carboxylic acid groups (broad SMARTS) is 1. The van der Waals surface area contributed by atoms with Crippen LogP contribution in [0.1, 0.15) is 17.5 Å². The average molecular weight is 297 g/mol. The first-order valence-electron chi connectivity index (χ1n) is 6.50. The third kappa shape index (κ3) is 2.86. The number of carbonyl (C=O) groups is 1. The highest BCUT2D eigenvalue weighted by molar-refractivity contribution is 7.91. The van der Waals surface area contributed by atoms with Crippen LogP contribution in [0, 0.1) is 12.3 Å². The average Bonchev–Trinajstić information content (AvgIpc) is 2.36. The van der Waals surface area contributed by atoms with E-state index in [1.54, 1.807) is 0 Å². The number of nitrogens with two attached hydrogens (primary N) is 1. The lowest BCUT2D eigenvalue weighted by atomic mass is 9.75. The van der Waals surface area contributed by atoms with Gasteiger partial charge < -0.3 is 10.8 Å². The number of benzene rings is 1. The van der Waals surface area contributed by atoms with Crippen LogP contribution in [-0.4, -0.2) is 37.0 Å². The Morgan fingerprint density at radius 1 is 1.40 bits per heavy atom. The van der Waals surface area contributed by atoms with Crippen molar-refractivity contribution in [1.29, 1.82) is 0 Å². The van der Waals surface area contributed by atoms with Crippen LogP contribution in [0.5, 0.6) is 0 Å². The quantitative estimate of drug-likeness (QED) is 0.858. The van der Waals surface area contributed by atoms with Crippen LogP contribution >= 0.6 is 0 Å². The lowest BCUT2D eigenvalue weighted by Gasteiger charge is -2.38.